The third-order valence-corrected chi connectivity index (χ3v) is 4.59. The van der Waals surface area contributed by atoms with Crippen LogP contribution in [0.5, 0.6) is 0 Å². The molecule has 9 heteroatoms. The molecule has 0 amide bonds. The van der Waals surface area contributed by atoms with Gasteiger partial charge >= 0.3 is 7.75 Å². The summed E-state index contributed by atoms with van der Waals surface area (Å²) in [5.74, 6) is 0. The fraction of sp³-hybridized carbons (Fsp3) is 0.400. The van der Waals surface area contributed by atoms with Gasteiger partial charge in [-0.1, -0.05) is 22.0 Å². The van der Waals surface area contributed by atoms with Crippen LogP contribution >= 0.6 is 23.7 Å². The number of rotatable bonds is 3. The fourth-order valence-electron chi connectivity index (χ4n) is 1.41. The van der Waals surface area contributed by atoms with Crippen LogP contribution in [0.4, 0.5) is 5.69 Å². The van der Waals surface area contributed by atoms with Gasteiger partial charge in [-0.25, -0.2) is 4.57 Å². The Bertz CT molecular complexity index is 540. The summed E-state index contributed by atoms with van der Waals surface area (Å²) < 4.78 is 23.1. The predicted molar refractivity (Wildman–Crippen MR) is 72.7 cm³/mol. The summed E-state index contributed by atoms with van der Waals surface area (Å²) in [6, 6.07) is 6.96. The van der Waals surface area contributed by atoms with Gasteiger partial charge in [-0.3, -0.25) is 24.2 Å². The molecule has 2 rings (SSSR count). The van der Waals surface area contributed by atoms with Gasteiger partial charge in [0.25, 0.3) is 5.54 Å². The molecule has 1 aliphatic heterocycles. The highest BCUT2D eigenvalue weighted by Crippen LogP contribution is 2.52. The molecule has 0 saturated carbocycles. The molecule has 0 radical (unpaired) electrons. The monoisotopic (exact) mass is 350 g/mol. The Morgan fingerprint density at radius 2 is 2.11 bits per heavy atom. The molecule has 19 heavy (non-hydrogen) atoms. The van der Waals surface area contributed by atoms with Gasteiger partial charge in [0.2, 0.25) is 0 Å². The maximum atomic E-state index is 12.2. The van der Waals surface area contributed by atoms with Crippen LogP contribution in [0.3, 0.4) is 0 Å². The van der Waals surface area contributed by atoms with Crippen LogP contribution in [0.1, 0.15) is 6.92 Å². The van der Waals surface area contributed by atoms with Crippen molar-refractivity contribution < 1.29 is 18.5 Å². The molecule has 0 spiro atoms. The molecule has 104 valence electrons. The van der Waals surface area contributed by atoms with E-state index >= 15 is 0 Å². The summed E-state index contributed by atoms with van der Waals surface area (Å²) in [5, 5.41) is 13.5. The lowest BCUT2D eigenvalue weighted by molar-refractivity contribution is -0.572. The Hall–Kier alpha value is -0.950. The van der Waals surface area contributed by atoms with E-state index < -0.39 is 18.2 Å². The van der Waals surface area contributed by atoms with Crippen LogP contribution in [0.15, 0.2) is 28.7 Å². The average molecular weight is 351 g/mol. The lowest BCUT2D eigenvalue weighted by Gasteiger charge is -2.30. The summed E-state index contributed by atoms with van der Waals surface area (Å²) in [5.41, 5.74) is -0.824. The fourth-order valence-corrected chi connectivity index (χ4v) is 3.37. The third-order valence-electron chi connectivity index (χ3n) is 2.62. The van der Waals surface area contributed by atoms with Crippen LogP contribution in [0.25, 0.3) is 0 Å². The lowest BCUT2D eigenvalue weighted by atomic mass is 10.1. The summed E-state index contributed by atoms with van der Waals surface area (Å²) in [6.07, 6.45) is 0. The molecular weight excluding hydrogens is 339 g/mol. The Balaban J connectivity index is 2.07. The van der Waals surface area contributed by atoms with Crippen molar-refractivity contribution in [3.05, 3.63) is 38.9 Å². The van der Waals surface area contributed by atoms with Gasteiger partial charge in [-0.2, -0.15) is 0 Å². The van der Waals surface area contributed by atoms with Crippen molar-refractivity contribution in [1.82, 2.24) is 0 Å². The molecule has 0 atom stereocenters. The molecule has 1 fully saturated rings. The Kier molecular flexibility index (Phi) is 3.96. The van der Waals surface area contributed by atoms with Crippen molar-refractivity contribution in [2.45, 2.75) is 12.5 Å². The molecule has 1 aliphatic rings. The van der Waals surface area contributed by atoms with Crippen molar-refractivity contribution in [1.29, 1.82) is 0 Å². The van der Waals surface area contributed by atoms with Gasteiger partial charge < -0.3 is 0 Å². The zero-order valence-electron chi connectivity index (χ0n) is 10.0. The summed E-state index contributed by atoms with van der Waals surface area (Å²) in [4.78, 5) is 10.3. The Morgan fingerprint density at radius 3 is 2.63 bits per heavy atom. The van der Waals surface area contributed by atoms with Crippen LogP contribution in [-0.4, -0.2) is 23.7 Å². The predicted octanol–water partition coefficient (Wildman–Crippen LogP) is 3.05. The second-order valence-corrected chi connectivity index (χ2v) is 7.07. The maximum absolute atomic E-state index is 12.2. The van der Waals surface area contributed by atoms with Gasteiger partial charge in [0.15, 0.2) is 0 Å². The largest absolute Gasteiger partial charge is 0.433 e. The van der Waals surface area contributed by atoms with Gasteiger partial charge in [0, 0.05) is 22.0 Å². The van der Waals surface area contributed by atoms with E-state index in [4.69, 9.17) is 9.05 Å². The number of hydrogen-bond donors (Lipinski definition) is 1. The number of anilines is 1. The minimum atomic E-state index is -3.55. The number of benzene rings is 1. The number of nitrogens with zero attached hydrogens (tertiary/aromatic N) is 1. The Labute approximate surface area is 118 Å². The highest BCUT2D eigenvalue weighted by atomic mass is 79.9. The molecule has 0 aromatic heterocycles. The molecule has 1 heterocycles. The van der Waals surface area contributed by atoms with E-state index in [1.165, 1.54) is 6.92 Å². The second kappa shape index (κ2) is 5.20. The molecular formula is C10H12BrN2O5P. The molecule has 0 unspecified atom stereocenters. The van der Waals surface area contributed by atoms with E-state index in [9.17, 15) is 14.7 Å². The second-order valence-electron chi connectivity index (χ2n) is 4.42. The molecule has 1 saturated heterocycles. The van der Waals surface area contributed by atoms with Crippen molar-refractivity contribution >= 4 is 29.4 Å². The van der Waals surface area contributed by atoms with Crippen LogP contribution in [-0.2, 0) is 13.6 Å². The highest BCUT2D eigenvalue weighted by molar-refractivity contribution is 9.10. The number of nitro groups is 1. The molecule has 1 aromatic rings. The summed E-state index contributed by atoms with van der Waals surface area (Å²) in [7, 11) is -3.55. The van der Waals surface area contributed by atoms with Crippen molar-refractivity contribution in [2.24, 2.45) is 0 Å². The van der Waals surface area contributed by atoms with Gasteiger partial charge in [-0.05, 0) is 18.2 Å². The molecule has 1 aromatic carbocycles. The van der Waals surface area contributed by atoms with Crippen LogP contribution in [0.2, 0.25) is 0 Å². The first-order valence-electron chi connectivity index (χ1n) is 5.40. The lowest BCUT2D eigenvalue weighted by Crippen LogP contribution is -2.47. The Morgan fingerprint density at radius 1 is 1.47 bits per heavy atom. The SMILES string of the molecule is CC1([N+](=O)[O-])COP(=O)(Nc2cccc(Br)c2)OC1. The summed E-state index contributed by atoms with van der Waals surface area (Å²) in [6.45, 7) is 0.853. The van der Waals surface area contributed by atoms with Crippen LogP contribution in [0, 0.1) is 10.1 Å². The van der Waals surface area contributed by atoms with Crippen molar-refractivity contribution in [2.75, 3.05) is 18.3 Å². The first kappa shape index (κ1) is 14.5. The first-order valence-corrected chi connectivity index (χ1v) is 7.74. The molecule has 0 bridgehead atoms. The molecule has 1 N–H and O–H groups in total. The quantitative estimate of drug-likeness (QED) is 0.511. The van der Waals surface area contributed by atoms with E-state index in [0.29, 0.717) is 5.69 Å². The van der Waals surface area contributed by atoms with E-state index in [1.807, 2.05) is 6.07 Å². The molecule has 7 nitrogen and oxygen atoms in total. The van der Waals surface area contributed by atoms with Crippen LogP contribution < -0.4 is 5.09 Å². The molecule has 0 aliphatic carbocycles. The number of nitrogens with one attached hydrogen (secondary N) is 1. The standard InChI is InChI=1S/C10H12BrN2O5P/c1-10(13(14)15)6-17-19(16,18-7-10)12-9-4-2-3-8(11)5-9/h2-5H,6-7H2,1H3,(H,12,16). The number of hydrogen-bond acceptors (Lipinski definition) is 5. The normalized spacial score (nSPS) is 30.8. The van der Waals surface area contributed by atoms with Crippen molar-refractivity contribution in [3.8, 4) is 0 Å². The van der Waals surface area contributed by atoms with Gasteiger partial charge in [0.05, 0.1) is 0 Å². The zero-order chi connectivity index (χ0) is 14.1. The highest BCUT2D eigenvalue weighted by Gasteiger charge is 2.48. The number of halogens is 1. The van der Waals surface area contributed by atoms with E-state index in [1.54, 1.807) is 18.2 Å². The van der Waals surface area contributed by atoms with E-state index in [0.717, 1.165) is 4.47 Å². The summed E-state index contributed by atoms with van der Waals surface area (Å²) >= 11 is 3.28. The average Bonchev–Trinajstić information content (AvgIpc) is 2.33. The van der Waals surface area contributed by atoms with Crippen molar-refractivity contribution in [3.63, 3.8) is 0 Å². The zero-order valence-corrected chi connectivity index (χ0v) is 12.5. The van der Waals surface area contributed by atoms with Gasteiger partial charge in [0.1, 0.15) is 13.2 Å². The van der Waals surface area contributed by atoms with E-state index in [-0.39, 0.29) is 13.2 Å². The third kappa shape index (κ3) is 3.33. The first-order chi connectivity index (χ1) is 8.83. The van der Waals surface area contributed by atoms with Gasteiger partial charge in [-0.15, -0.1) is 0 Å². The minimum absolute atomic E-state index is 0.266. The smallest absolute Gasteiger partial charge is 0.293 e. The maximum Gasteiger partial charge on any atom is 0.433 e. The van der Waals surface area contributed by atoms with E-state index in [2.05, 4.69) is 21.0 Å². The topological polar surface area (TPSA) is 90.7 Å². The minimum Gasteiger partial charge on any atom is -0.293 e.